The maximum absolute atomic E-state index is 10.9. The highest BCUT2D eigenvalue weighted by atomic mass is 16.5. The van der Waals surface area contributed by atoms with E-state index in [1.54, 1.807) is 12.1 Å². The number of methoxy groups -OCH3 is 1. The maximum atomic E-state index is 10.9. The number of hydrogen-bond donors (Lipinski definition) is 1. The van der Waals surface area contributed by atoms with Crippen LogP contribution in [0.25, 0.3) is 0 Å². The summed E-state index contributed by atoms with van der Waals surface area (Å²) in [6.45, 7) is 3.53. The summed E-state index contributed by atoms with van der Waals surface area (Å²) < 4.78 is 5.09. The van der Waals surface area contributed by atoms with Crippen molar-refractivity contribution in [2.45, 2.75) is 0 Å². The van der Waals surface area contributed by atoms with Crippen molar-refractivity contribution in [2.24, 2.45) is 0 Å². The Morgan fingerprint density at radius 3 is 2.50 bits per heavy atom. The van der Waals surface area contributed by atoms with Crippen molar-refractivity contribution in [2.75, 3.05) is 45.2 Å². The molecule has 0 spiro atoms. The number of piperazine rings is 1. The van der Waals surface area contributed by atoms with E-state index in [4.69, 9.17) is 4.74 Å². The summed E-state index contributed by atoms with van der Waals surface area (Å²) >= 11 is 0. The number of hydrogen-bond acceptors (Lipinski definition) is 5. The first-order valence-corrected chi connectivity index (χ1v) is 5.95. The molecule has 5 heteroatoms. The Kier molecular flexibility index (Phi) is 3.72. The van der Waals surface area contributed by atoms with Crippen molar-refractivity contribution in [1.82, 2.24) is 4.90 Å². The fraction of sp³-hybridized carbons (Fsp3) is 0.462. The van der Waals surface area contributed by atoms with Crippen molar-refractivity contribution in [1.29, 1.82) is 0 Å². The predicted octanol–water partition coefficient (Wildman–Crippen LogP) is 0.965. The van der Waals surface area contributed by atoms with Crippen molar-refractivity contribution in [3.05, 3.63) is 17.7 Å². The summed E-state index contributed by atoms with van der Waals surface area (Å²) in [6.07, 6.45) is 0.765. The van der Waals surface area contributed by atoms with E-state index in [1.165, 1.54) is 7.11 Å². The van der Waals surface area contributed by atoms with Crippen molar-refractivity contribution in [3.8, 4) is 11.5 Å². The average Bonchev–Trinajstić information content (AvgIpc) is 2.40. The molecule has 1 saturated heterocycles. The zero-order valence-corrected chi connectivity index (χ0v) is 10.7. The van der Waals surface area contributed by atoms with E-state index in [1.807, 2.05) is 0 Å². The molecule has 1 aliphatic heterocycles. The Hall–Kier alpha value is -1.75. The number of phenolic OH excluding ortho intramolecular Hbond substituents is 1. The third-order valence-corrected chi connectivity index (χ3v) is 3.28. The van der Waals surface area contributed by atoms with E-state index in [9.17, 15) is 9.90 Å². The molecule has 1 N–H and O–H groups in total. The topological polar surface area (TPSA) is 53.0 Å². The maximum Gasteiger partial charge on any atom is 0.181 e. The van der Waals surface area contributed by atoms with Gasteiger partial charge in [-0.1, -0.05) is 0 Å². The fourth-order valence-electron chi connectivity index (χ4n) is 2.13. The Bertz CT molecular complexity index is 440. The van der Waals surface area contributed by atoms with E-state index >= 15 is 0 Å². The number of benzene rings is 1. The Balaban J connectivity index is 2.33. The lowest BCUT2D eigenvalue weighted by atomic mass is 10.1. The number of anilines is 1. The van der Waals surface area contributed by atoms with Gasteiger partial charge in [-0.15, -0.1) is 0 Å². The van der Waals surface area contributed by atoms with Crippen LogP contribution in [0.15, 0.2) is 12.1 Å². The molecule has 0 atom stereocenters. The standard InChI is InChI=1S/C13H18N2O3/c1-14-3-5-15(6-4-14)11-7-10(9-16)8-12(18-2)13(11)17/h7-9,17H,3-6H2,1-2H3. The van der Waals surface area contributed by atoms with Gasteiger partial charge in [0.1, 0.15) is 6.29 Å². The number of nitrogens with zero attached hydrogens (tertiary/aromatic N) is 2. The summed E-state index contributed by atoms with van der Waals surface area (Å²) in [5, 5.41) is 10.1. The number of aldehydes is 1. The molecule has 1 aromatic carbocycles. The van der Waals surface area contributed by atoms with Gasteiger partial charge in [0.25, 0.3) is 0 Å². The minimum atomic E-state index is 0.104. The van der Waals surface area contributed by atoms with Crippen molar-refractivity contribution in [3.63, 3.8) is 0 Å². The molecule has 0 saturated carbocycles. The largest absolute Gasteiger partial charge is 0.503 e. The van der Waals surface area contributed by atoms with Gasteiger partial charge < -0.3 is 19.6 Å². The molecule has 0 amide bonds. The van der Waals surface area contributed by atoms with E-state index in [-0.39, 0.29) is 5.75 Å². The van der Waals surface area contributed by atoms with E-state index in [0.29, 0.717) is 17.0 Å². The average molecular weight is 250 g/mol. The lowest BCUT2D eigenvalue weighted by Crippen LogP contribution is -2.44. The Labute approximate surface area is 107 Å². The summed E-state index contributed by atoms with van der Waals surface area (Å²) in [5.41, 5.74) is 1.18. The van der Waals surface area contributed by atoms with E-state index in [0.717, 1.165) is 32.5 Å². The van der Waals surface area contributed by atoms with Crippen LogP contribution >= 0.6 is 0 Å². The first-order valence-electron chi connectivity index (χ1n) is 5.95. The van der Waals surface area contributed by atoms with Gasteiger partial charge in [0.15, 0.2) is 11.5 Å². The molecule has 2 rings (SSSR count). The van der Waals surface area contributed by atoms with Crippen LogP contribution in [-0.4, -0.2) is 56.6 Å². The summed E-state index contributed by atoms with van der Waals surface area (Å²) in [5.74, 6) is 0.446. The lowest BCUT2D eigenvalue weighted by molar-refractivity contribution is 0.112. The first kappa shape index (κ1) is 12.7. The molecule has 0 aliphatic carbocycles. The molecule has 1 fully saturated rings. The Morgan fingerprint density at radius 1 is 1.28 bits per heavy atom. The number of aromatic hydroxyl groups is 1. The number of carbonyl (C=O) groups is 1. The third kappa shape index (κ3) is 2.41. The summed E-state index contributed by atoms with van der Waals surface area (Å²) in [4.78, 5) is 15.2. The monoisotopic (exact) mass is 250 g/mol. The van der Waals surface area contributed by atoms with Crippen LogP contribution < -0.4 is 9.64 Å². The SMILES string of the molecule is COc1cc(C=O)cc(N2CCN(C)CC2)c1O. The van der Waals surface area contributed by atoms with Crippen LogP contribution in [0.3, 0.4) is 0 Å². The molecule has 0 unspecified atom stereocenters. The van der Waals surface area contributed by atoms with Crippen LogP contribution in [0, 0.1) is 0 Å². The smallest absolute Gasteiger partial charge is 0.181 e. The quantitative estimate of drug-likeness (QED) is 0.810. The van der Waals surface area contributed by atoms with E-state index < -0.39 is 0 Å². The second-order valence-electron chi connectivity index (χ2n) is 4.50. The van der Waals surface area contributed by atoms with Gasteiger partial charge in [-0.25, -0.2) is 0 Å². The minimum Gasteiger partial charge on any atom is -0.503 e. The number of rotatable bonds is 3. The molecule has 1 heterocycles. The highest BCUT2D eigenvalue weighted by molar-refractivity contribution is 5.81. The zero-order valence-electron chi connectivity index (χ0n) is 10.7. The number of likely N-dealkylation sites (N-methyl/N-ethyl adjacent to an activating group) is 1. The van der Waals surface area contributed by atoms with Crippen LogP contribution in [0.4, 0.5) is 5.69 Å². The highest BCUT2D eigenvalue weighted by Gasteiger charge is 2.20. The number of ether oxygens (including phenoxy) is 1. The minimum absolute atomic E-state index is 0.104. The summed E-state index contributed by atoms with van der Waals surface area (Å²) in [6, 6.07) is 3.25. The van der Waals surface area contributed by atoms with Crippen molar-refractivity contribution < 1.29 is 14.6 Å². The van der Waals surface area contributed by atoms with Gasteiger partial charge >= 0.3 is 0 Å². The summed E-state index contributed by atoms with van der Waals surface area (Å²) in [7, 11) is 3.55. The van der Waals surface area contributed by atoms with E-state index in [2.05, 4.69) is 16.8 Å². The second kappa shape index (κ2) is 5.27. The molecular weight excluding hydrogens is 232 g/mol. The fourth-order valence-corrected chi connectivity index (χ4v) is 2.13. The molecule has 0 radical (unpaired) electrons. The van der Waals surface area contributed by atoms with Gasteiger partial charge in [-0.2, -0.15) is 0 Å². The van der Waals surface area contributed by atoms with Crippen LogP contribution in [0.5, 0.6) is 11.5 Å². The predicted molar refractivity (Wildman–Crippen MR) is 69.8 cm³/mol. The van der Waals surface area contributed by atoms with Crippen LogP contribution in [-0.2, 0) is 0 Å². The van der Waals surface area contributed by atoms with Gasteiger partial charge in [-0.3, -0.25) is 4.79 Å². The van der Waals surface area contributed by atoms with Gasteiger partial charge in [-0.05, 0) is 19.2 Å². The van der Waals surface area contributed by atoms with Crippen LogP contribution in [0.1, 0.15) is 10.4 Å². The van der Waals surface area contributed by atoms with Gasteiger partial charge in [0.05, 0.1) is 12.8 Å². The molecular formula is C13H18N2O3. The van der Waals surface area contributed by atoms with Gasteiger partial charge in [0.2, 0.25) is 0 Å². The molecule has 1 aromatic rings. The molecule has 0 bridgehead atoms. The molecule has 98 valence electrons. The second-order valence-corrected chi connectivity index (χ2v) is 4.50. The molecule has 18 heavy (non-hydrogen) atoms. The molecule has 0 aromatic heterocycles. The first-order chi connectivity index (χ1) is 8.65. The highest BCUT2D eigenvalue weighted by Crippen LogP contribution is 2.37. The number of carbonyl (C=O) groups excluding carboxylic acids is 1. The Morgan fingerprint density at radius 2 is 1.94 bits per heavy atom. The molecule has 5 nitrogen and oxygen atoms in total. The zero-order chi connectivity index (χ0) is 13.1. The number of phenols is 1. The van der Waals surface area contributed by atoms with Gasteiger partial charge in [0, 0.05) is 31.7 Å². The molecule has 1 aliphatic rings. The van der Waals surface area contributed by atoms with Crippen LogP contribution in [0.2, 0.25) is 0 Å². The van der Waals surface area contributed by atoms with Crippen molar-refractivity contribution >= 4 is 12.0 Å². The normalized spacial score (nSPS) is 16.7. The lowest BCUT2D eigenvalue weighted by Gasteiger charge is -2.34. The third-order valence-electron chi connectivity index (χ3n) is 3.28.